The van der Waals surface area contributed by atoms with Crippen LogP contribution >= 0.6 is 11.8 Å². The number of halogens is 1. The van der Waals surface area contributed by atoms with Crippen molar-refractivity contribution >= 4 is 39.3 Å². The van der Waals surface area contributed by atoms with E-state index in [2.05, 4.69) is 5.16 Å². The number of amides is 2. The average Bonchev–Trinajstić information content (AvgIpc) is 3.30. The number of carbonyl (C=O) groups is 2. The highest BCUT2D eigenvalue weighted by molar-refractivity contribution is 8.00. The van der Waals surface area contributed by atoms with E-state index < -0.39 is 15.9 Å². The third kappa shape index (κ3) is 4.38. The summed E-state index contributed by atoms with van der Waals surface area (Å²) in [5.74, 6) is -0.953. The second-order valence-electron chi connectivity index (χ2n) is 7.57. The molecular formula is C22H20FN3O5S2. The van der Waals surface area contributed by atoms with E-state index in [0.717, 1.165) is 5.56 Å². The quantitative estimate of drug-likeness (QED) is 0.583. The first-order valence-electron chi connectivity index (χ1n) is 9.88. The molecule has 33 heavy (non-hydrogen) atoms. The normalized spacial score (nSPS) is 16.3. The highest BCUT2D eigenvalue weighted by atomic mass is 32.2. The number of thioether (sulfide) groups is 1. The van der Waals surface area contributed by atoms with Crippen molar-refractivity contribution < 1.29 is 26.9 Å². The molecule has 1 aliphatic rings. The van der Waals surface area contributed by atoms with Gasteiger partial charge in [0, 0.05) is 11.3 Å². The lowest BCUT2D eigenvalue weighted by Crippen LogP contribution is -2.32. The van der Waals surface area contributed by atoms with Crippen molar-refractivity contribution in [3.8, 4) is 0 Å². The predicted octanol–water partition coefficient (Wildman–Crippen LogP) is 3.64. The number of sulfonamides is 1. The SMILES string of the molecule is Cc1cc(C(=O)NS(=O)(=O)c2c(C)noc2C)ccc1N1C(=O)CSC1c1ccc(F)cc1. The molecule has 3 aromatic rings. The summed E-state index contributed by atoms with van der Waals surface area (Å²) in [6.45, 7) is 4.64. The number of benzene rings is 2. The number of hydrogen-bond acceptors (Lipinski definition) is 7. The van der Waals surface area contributed by atoms with Crippen molar-refractivity contribution in [2.24, 2.45) is 0 Å². The predicted molar refractivity (Wildman–Crippen MR) is 121 cm³/mol. The fraction of sp³-hybridized carbons (Fsp3) is 0.227. The molecule has 4 rings (SSSR count). The Morgan fingerprint density at radius 2 is 1.88 bits per heavy atom. The minimum Gasteiger partial charge on any atom is -0.360 e. The number of anilines is 1. The van der Waals surface area contributed by atoms with E-state index in [1.54, 1.807) is 30.0 Å². The molecule has 0 bridgehead atoms. The highest BCUT2D eigenvalue weighted by Crippen LogP contribution is 2.42. The molecule has 1 atom stereocenters. The van der Waals surface area contributed by atoms with Gasteiger partial charge in [-0.3, -0.25) is 14.5 Å². The van der Waals surface area contributed by atoms with E-state index >= 15 is 0 Å². The molecule has 1 fully saturated rings. The summed E-state index contributed by atoms with van der Waals surface area (Å²) in [6, 6.07) is 10.5. The van der Waals surface area contributed by atoms with Crippen LogP contribution in [-0.2, 0) is 14.8 Å². The standard InChI is InChI=1S/C22H20FN3O5S2/c1-12-10-16(21(28)25-33(29,30)20-13(2)24-31-14(20)3)6-9-18(12)26-19(27)11-32-22(26)15-4-7-17(23)8-5-15/h4-10,22H,11H2,1-3H3,(H,25,28). The summed E-state index contributed by atoms with van der Waals surface area (Å²) >= 11 is 1.42. The van der Waals surface area contributed by atoms with Crippen molar-refractivity contribution in [1.29, 1.82) is 0 Å². The van der Waals surface area contributed by atoms with E-state index in [1.807, 2.05) is 4.72 Å². The molecule has 172 valence electrons. The van der Waals surface area contributed by atoms with E-state index in [4.69, 9.17) is 4.52 Å². The Morgan fingerprint density at radius 3 is 2.48 bits per heavy atom. The molecule has 1 aliphatic heterocycles. The maximum absolute atomic E-state index is 13.3. The second kappa shape index (κ2) is 8.64. The minimum absolute atomic E-state index is 0.0798. The highest BCUT2D eigenvalue weighted by Gasteiger charge is 2.35. The number of aromatic nitrogens is 1. The van der Waals surface area contributed by atoms with Crippen LogP contribution < -0.4 is 9.62 Å². The summed E-state index contributed by atoms with van der Waals surface area (Å²) in [7, 11) is -4.18. The van der Waals surface area contributed by atoms with Crippen molar-refractivity contribution in [3.63, 3.8) is 0 Å². The van der Waals surface area contributed by atoms with Gasteiger partial charge in [-0.05, 0) is 62.2 Å². The molecule has 0 aliphatic carbocycles. The lowest BCUT2D eigenvalue weighted by atomic mass is 10.1. The third-order valence-electron chi connectivity index (χ3n) is 5.21. The van der Waals surface area contributed by atoms with E-state index in [1.165, 1.54) is 49.9 Å². The summed E-state index contributed by atoms with van der Waals surface area (Å²) in [5, 5.41) is 3.27. The van der Waals surface area contributed by atoms with Crippen molar-refractivity contribution in [2.75, 3.05) is 10.7 Å². The molecule has 2 aromatic carbocycles. The van der Waals surface area contributed by atoms with Gasteiger partial charge in [0.25, 0.3) is 15.9 Å². The zero-order valence-electron chi connectivity index (χ0n) is 18.0. The Balaban J connectivity index is 1.60. The fourth-order valence-corrected chi connectivity index (χ4v) is 6.19. The van der Waals surface area contributed by atoms with Crippen molar-refractivity contribution in [2.45, 2.75) is 31.0 Å². The first kappa shape index (κ1) is 23.0. The van der Waals surface area contributed by atoms with Crippen molar-refractivity contribution in [3.05, 3.63) is 76.4 Å². The molecule has 1 unspecified atom stereocenters. The Kier molecular flexibility index (Phi) is 6.02. The second-order valence-corrected chi connectivity index (χ2v) is 10.3. The number of rotatable bonds is 5. The van der Waals surface area contributed by atoms with Crippen LogP contribution in [0.2, 0.25) is 0 Å². The minimum atomic E-state index is -4.18. The Bertz CT molecular complexity index is 1330. The van der Waals surface area contributed by atoms with Gasteiger partial charge in [-0.15, -0.1) is 11.8 Å². The van der Waals surface area contributed by atoms with Crippen LogP contribution in [0.15, 0.2) is 51.9 Å². The summed E-state index contributed by atoms with van der Waals surface area (Å²) in [4.78, 5) is 26.8. The van der Waals surface area contributed by atoms with Gasteiger partial charge in [0.1, 0.15) is 16.9 Å². The van der Waals surface area contributed by atoms with Crippen LogP contribution in [0.3, 0.4) is 0 Å². The molecular weight excluding hydrogens is 469 g/mol. The first-order valence-corrected chi connectivity index (χ1v) is 12.4. The zero-order chi connectivity index (χ0) is 23.9. The van der Waals surface area contributed by atoms with Gasteiger partial charge in [0.05, 0.1) is 5.75 Å². The molecule has 0 spiro atoms. The van der Waals surface area contributed by atoms with Gasteiger partial charge >= 0.3 is 0 Å². The summed E-state index contributed by atoms with van der Waals surface area (Å²) in [6.07, 6.45) is 0. The van der Waals surface area contributed by atoms with Gasteiger partial charge < -0.3 is 4.52 Å². The molecule has 0 saturated carbocycles. The smallest absolute Gasteiger partial charge is 0.269 e. The monoisotopic (exact) mass is 489 g/mol. The lowest BCUT2D eigenvalue weighted by Gasteiger charge is -2.26. The average molecular weight is 490 g/mol. The molecule has 1 N–H and O–H groups in total. The molecule has 0 radical (unpaired) electrons. The van der Waals surface area contributed by atoms with Gasteiger partial charge in [-0.1, -0.05) is 17.3 Å². The van der Waals surface area contributed by atoms with E-state index in [-0.39, 0.29) is 44.8 Å². The number of carbonyl (C=O) groups excluding carboxylic acids is 2. The maximum Gasteiger partial charge on any atom is 0.269 e. The van der Waals surface area contributed by atoms with Crippen LogP contribution in [0.4, 0.5) is 10.1 Å². The lowest BCUT2D eigenvalue weighted by molar-refractivity contribution is -0.115. The number of nitrogens with one attached hydrogen (secondary N) is 1. The number of aryl methyl sites for hydroxylation is 3. The molecule has 8 nitrogen and oxygen atoms in total. The fourth-order valence-electron chi connectivity index (χ4n) is 3.72. The summed E-state index contributed by atoms with van der Waals surface area (Å²) < 4.78 is 45.5. The maximum atomic E-state index is 13.3. The van der Waals surface area contributed by atoms with Crippen LogP contribution in [0.25, 0.3) is 0 Å². The van der Waals surface area contributed by atoms with Crippen LogP contribution in [0.5, 0.6) is 0 Å². The van der Waals surface area contributed by atoms with Crippen LogP contribution in [0, 0.1) is 26.6 Å². The van der Waals surface area contributed by atoms with Gasteiger partial charge in [0.15, 0.2) is 10.7 Å². The van der Waals surface area contributed by atoms with Gasteiger partial charge in [0.2, 0.25) is 5.91 Å². The van der Waals surface area contributed by atoms with Gasteiger partial charge in [-0.2, -0.15) is 0 Å². The molecule has 2 amide bonds. The Labute approximate surface area is 194 Å². The van der Waals surface area contributed by atoms with Crippen LogP contribution in [-0.4, -0.2) is 31.1 Å². The topological polar surface area (TPSA) is 110 Å². The zero-order valence-corrected chi connectivity index (χ0v) is 19.6. The molecule has 11 heteroatoms. The largest absolute Gasteiger partial charge is 0.360 e. The number of hydrogen-bond donors (Lipinski definition) is 1. The van der Waals surface area contributed by atoms with E-state index in [9.17, 15) is 22.4 Å². The van der Waals surface area contributed by atoms with E-state index in [0.29, 0.717) is 11.3 Å². The third-order valence-corrected chi connectivity index (χ3v) is 7.99. The molecule has 1 aromatic heterocycles. The molecule has 1 saturated heterocycles. The Hall–Kier alpha value is -3.18. The Morgan fingerprint density at radius 1 is 1.18 bits per heavy atom. The molecule has 2 heterocycles. The van der Waals surface area contributed by atoms with Gasteiger partial charge in [-0.25, -0.2) is 17.5 Å². The van der Waals surface area contributed by atoms with Crippen molar-refractivity contribution in [1.82, 2.24) is 9.88 Å². The number of nitrogens with zero attached hydrogens (tertiary/aromatic N) is 2. The first-order chi connectivity index (χ1) is 15.6. The van der Waals surface area contributed by atoms with Crippen LogP contribution in [0.1, 0.15) is 38.3 Å². The summed E-state index contributed by atoms with van der Waals surface area (Å²) in [5.41, 5.74) is 2.24.